The fourth-order valence-corrected chi connectivity index (χ4v) is 2.48. The highest BCUT2D eigenvalue weighted by atomic mass is 32.2. The van der Waals surface area contributed by atoms with Gasteiger partial charge in [0.25, 0.3) is 11.8 Å². The van der Waals surface area contributed by atoms with Crippen molar-refractivity contribution in [2.75, 3.05) is 31.7 Å². The van der Waals surface area contributed by atoms with Crippen LogP contribution in [0, 0.1) is 0 Å². The smallest absolute Gasteiger partial charge is 0.279 e. The molecule has 1 atom stereocenters. The number of rotatable bonds is 7. The van der Waals surface area contributed by atoms with Gasteiger partial charge in [0, 0.05) is 16.6 Å². The van der Waals surface area contributed by atoms with Crippen molar-refractivity contribution in [2.24, 2.45) is 0 Å². The van der Waals surface area contributed by atoms with Gasteiger partial charge in [-0.25, -0.2) is 0 Å². The highest BCUT2D eigenvalue weighted by Crippen LogP contribution is 2.19. The molecular formula is C15H22N3O2S+. The first-order valence-electron chi connectivity index (χ1n) is 7.11. The summed E-state index contributed by atoms with van der Waals surface area (Å²) in [5.41, 5.74) is 0.794. The SMILES string of the molecule is CSc1cccc(NC(=O)C[NH+](C)CC(=O)NC2CC2)c1. The number of carbonyl (C=O) groups excluding carboxylic acids is 2. The molecule has 1 aliphatic carbocycles. The lowest BCUT2D eigenvalue weighted by Gasteiger charge is -2.13. The van der Waals surface area contributed by atoms with E-state index in [1.807, 2.05) is 37.6 Å². The van der Waals surface area contributed by atoms with Gasteiger partial charge in [-0.2, -0.15) is 0 Å². The van der Waals surface area contributed by atoms with Crippen LogP contribution in [-0.2, 0) is 9.59 Å². The number of benzene rings is 1. The van der Waals surface area contributed by atoms with Gasteiger partial charge in [0.1, 0.15) is 0 Å². The summed E-state index contributed by atoms with van der Waals surface area (Å²) in [4.78, 5) is 25.6. The van der Waals surface area contributed by atoms with E-state index >= 15 is 0 Å². The van der Waals surface area contributed by atoms with E-state index in [2.05, 4.69) is 10.6 Å². The number of likely N-dealkylation sites (N-methyl/N-ethyl adjacent to an activating group) is 1. The van der Waals surface area contributed by atoms with Crippen LogP contribution in [0.1, 0.15) is 12.8 Å². The van der Waals surface area contributed by atoms with Gasteiger partial charge in [-0.3, -0.25) is 9.59 Å². The molecule has 21 heavy (non-hydrogen) atoms. The average molecular weight is 308 g/mol. The highest BCUT2D eigenvalue weighted by Gasteiger charge is 2.24. The van der Waals surface area contributed by atoms with Crippen LogP contribution in [-0.4, -0.2) is 44.2 Å². The molecule has 2 amide bonds. The van der Waals surface area contributed by atoms with Crippen LogP contribution in [0.5, 0.6) is 0 Å². The number of nitrogens with one attached hydrogen (secondary N) is 3. The molecule has 0 bridgehead atoms. The monoisotopic (exact) mass is 308 g/mol. The molecular weight excluding hydrogens is 286 g/mol. The van der Waals surface area contributed by atoms with E-state index in [1.54, 1.807) is 11.8 Å². The van der Waals surface area contributed by atoms with Crippen LogP contribution >= 0.6 is 11.8 Å². The average Bonchev–Trinajstić information content (AvgIpc) is 3.22. The Labute approximate surface area is 129 Å². The fraction of sp³-hybridized carbons (Fsp3) is 0.467. The lowest BCUT2D eigenvalue weighted by Crippen LogP contribution is -3.11. The van der Waals surface area contributed by atoms with Crippen molar-refractivity contribution in [3.63, 3.8) is 0 Å². The minimum atomic E-state index is -0.0787. The quantitative estimate of drug-likeness (QED) is 0.628. The Morgan fingerprint density at radius 3 is 2.67 bits per heavy atom. The maximum Gasteiger partial charge on any atom is 0.279 e. The molecule has 0 aliphatic heterocycles. The topological polar surface area (TPSA) is 62.6 Å². The largest absolute Gasteiger partial charge is 0.348 e. The Kier molecular flexibility index (Phi) is 5.64. The van der Waals surface area contributed by atoms with Gasteiger partial charge < -0.3 is 15.5 Å². The van der Waals surface area contributed by atoms with E-state index in [0.717, 1.165) is 28.3 Å². The third-order valence-corrected chi connectivity index (χ3v) is 3.95. The first-order valence-corrected chi connectivity index (χ1v) is 8.34. The van der Waals surface area contributed by atoms with Gasteiger partial charge >= 0.3 is 0 Å². The van der Waals surface area contributed by atoms with Gasteiger partial charge in [0.15, 0.2) is 13.1 Å². The Morgan fingerprint density at radius 1 is 1.29 bits per heavy atom. The summed E-state index contributed by atoms with van der Waals surface area (Å²) in [7, 11) is 1.85. The Balaban J connectivity index is 1.75. The molecule has 0 radical (unpaired) electrons. The van der Waals surface area contributed by atoms with E-state index in [0.29, 0.717) is 12.6 Å². The Bertz CT molecular complexity index is 517. The van der Waals surface area contributed by atoms with E-state index in [4.69, 9.17) is 0 Å². The highest BCUT2D eigenvalue weighted by molar-refractivity contribution is 7.98. The Hall–Kier alpha value is -1.53. The van der Waals surface area contributed by atoms with Crippen LogP contribution < -0.4 is 15.5 Å². The molecule has 1 aromatic carbocycles. The van der Waals surface area contributed by atoms with E-state index < -0.39 is 0 Å². The van der Waals surface area contributed by atoms with Gasteiger partial charge in [-0.1, -0.05) is 6.07 Å². The number of amides is 2. The number of hydrogen-bond donors (Lipinski definition) is 3. The number of thioether (sulfide) groups is 1. The fourth-order valence-electron chi connectivity index (χ4n) is 2.02. The summed E-state index contributed by atoms with van der Waals surface area (Å²) < 4.78 is 0. The summed E-state index contributed by atoms with van der Waals surface area (Å²) in [6.45, 7) is 0.607. The van der Waals surface area contributed by atoms with Gasteiger partial charge in [0.2, 0.25) is 0 Å². The maximum atomic E-state index is 12.0. The predicted octanol–water partition coefficient (Wildman–Crippen LogP) is 0.140. The zero-order valence-electron chi connectivity index (χ0n) is 12.4. The first kappa shape index (κ1) is 15.9. The third-order valence-electron chi connectivity index (χ3n) is 3.22. The van der Waals surface area contributed by atoms with Gasteiger partial charge in [0.05, 0.1) is 7.05 Å². The molecule has 3 N–H and O–H groups in total. The van der Waals surface area contributed by atoms with E-state index in [9.17, 15) is 9.59 Å². The lowest BCUT2D eigenvalue weighted by atomic mass is 10.3. The summed E-state index contributed by atoms with van der Waals surface area (Å²) in [5, 5.41) is 5.80. The third kappa shape index (κ3) is 5.77. The molecule has 0 heterocycles. The minimum absolute atomic E-state index is 0.0205. The van der Waals surface area contributed by atoms with Crippen molar-refractivity contribution >= 4 is 29.3 Å². The van der Waals surface area contributed by atoms with Crippen molar-refractivity contribution < 1.29 is 14.5 Å². The number of quaternary nitrogens is 1. The second kappa shape index (κ2) is 7.47. The molecule has 0 spiro atoms. The van der Waals surface area contributed by atoms with Crippen molar-refractivity contribution in [1.82, 2.24) is 5.32 Å². The molecule has 6 heteroatoms. The maximum absolute atomic E-state index is 12.0. The summed E-state index contributed by atoms with van der Waals surface area (Å²) >= 11 is 1.63. The molecule has 0 aromatic heterocycles. The molecule has 114 valence electrons. The predicted molar refractivity (Wildman–Crippen MR) is 84.6 cm³/mol. The molecule has 1 saturated carbocycles. The van der Waals surface area contributed by atoms with Crippen molar-refractivity contribution in [2.45, 2.75) is 23.8 Å². The number of anilines is 1. The zero-order valence-corrected chi connectivity index (χ0v) is 13.3. The standard InChI is InChI=1S/C15H21N3O2S/c1-18(9-14(19)16-11-6-7-11)10-15(20)17-12-4-3-5-13(8-12)21-2/h3-5,8,11H,6-7,9-10H2,1-2H3,(H,16,19)(H,17,20)/p+1. The van der Waals surface area contributed by atoms with E-state index in [-0.39, 0.29) is 18.4 Å². The summed E-state index contributed by atoms with van der Waals surface area (Å²) in [6.07, 6.45) is 4.16. The molecule has 1 aliphatic rings. The molecule has 2 rings (SSSR count). The van der Waals surface area contributed by atoms with Crippen LogP contribution in [0.25, 0.3) is 0 Å². The van der Waals surface area contributed by atoms with Crippen LogP contribution in [0.15, 0.2) is 29.2 Å². The zero-order chi connectivity index (χ0) is 15.2. The normalized spacial score (nSPS) is 15.3. The van der Waals surface area contributed by atoms with Crippen LogP contribution in [0.2, 0.25) is 0 Å². The van der Waals surface area contributed by atoms with Crippen molar-refractivity contribution in [3.8, 4) is 0 Å². The first-order chi connectivity index (χ1) is 10.1. The number of hydrogen-bond acceptors (Lipinski definition) is 3. The van der Waals surface area contributed by atoms with Crippen molar-refractivity contribution in [3.05, 3.63) is 24.3 Å². The molecule has 0 saturated heterocycles. The van der Waals surface area contributed by atoms with E-state index in [1.165, 1.54) is 0 Å². The summed E-state index contributed by atoms with van der Waals surface area (Å²) in [5.74, 6) is -0.0582. The van der Waals surface area contributed by atoms with Crippen LogP contribution in [0.4, 0.5) is 5.69 Å². The molecule has 1 aromatic rings. The minimum Gasteiger partial charge on any atom is -0.348 e. The summed E-state index contributed by atoms with van der Waals surface area (Å²) in [6, 6.07) is 8.10. The molecule has 1 unspecified atom stereocenters. The van der Waals surface area contributed by atoms with Gasteiger partial charge in [-0.05, 0) is 37.3 Å². The number of carbonyl (C=O) groups is 2. The van der Waals surface area contributed by atoms with Crippen molar-refractivity contribution in [1.29, 1.82) is 0 Å². The lowest BCUT2D eigenvalue weighted by molar-refractivity contribution is -0.862. The molecule has 5 nitrogen and oxygen atoms in total. The second-order valence-corrected chi connectivity index (χ2v) is 6.31. The van der Waals surface area contributed by atoms with Crippen LogP contribution in [0.3, 0.4) is 0 Å². The Morgan fingerprint density at radius 2 is 2.00 bits per heavy atom. The molecule has 1 fully saturated rings. The second-order valence-electron chi connectivity index (χ2n) is 5.43. The van der Waals surface area contributed by atoms with Gasteiger partial charge in [-0.15, -0.1) is 11.8 Å².